The lowest BCUT2D eigenvalue weighted by molar-refractivity contribution is 0.114. The van der Waals surface area contributed by atoms with Crippen LogP contribution in [0.5, 0.6) is 0 Å². The maximum absolute atomic E-state index is 5.60. The van der Waals surface area contributed by atoms with E-state index in [1.807, 2.05) is 12.1 Å². The number of anilines is 1. The molecule has 2 aromatic rings. The van der Waals surface area contributed by atoms with Gasteiger partial charge in [0.25, 0.3) is 0 Å². The molecule has 3 heterocycles. The summed E-state index contributed by atoms with van der Waals surface area (Å²) in [7, 11) is 0. The average Bonchev–Trinajstić information content (AvgIpc) is 3.26. The molecule has 138 valence electrons. The van der Waals surface area contributed by atoms with E-state index >= 15 is 0 Å². The zero-order chi connectivity index (χ0) is 17.8. The number of hydrogen-bond acceptors (Lipinski definition) is 4. The first-order chi connectivity index (χ1) is 12.8. The summed E-state index contributed by atoms with van der Waals surface area (Å²) in [5.41, 5.74) is 2.06. The Labute approximate surface area is 159 Å². The summed E-state index contributed by atoms with van der Waals surface area (Å²) in [6, 6.07) is 8.22. The molecule has 0 bridgehead atoms. The van der Waals surface area contributed by atoms with Crippen molar-refractivity contribution in [2.45, 2.75) is 51.2 Å². The Bertz CT molecular complexity index is 752. The van der Waals surface area contributed by atoms with Crippen molar-refractivity contribution in [3.8, 4) is 11.4 Å². The van der Waals surface area contributed by atoms with Crippen LogP contribution >= 0.6 is 12.2 Å². The van der Waals surface area contributed by atoms with Crippen LogP contribution < -0.4 is 10.6 Å². The number of fused-ring (bicyclic) bond motifs is 1. The number of hydrogen-bond donors (Lipinski definition) is 2. The monoisotopic (exact) mass is 371 g/mol. The van der Waals surface area contributed by atoms with Gasteiger partial charge in [-0.3, -0.25) is 0 Å². The fourth-order valence-corrected chi connectivity index (χ4v) is 3.79. The predicted octanol–water partition coefficient (Wildman–Crippen LogP) is 3.14. The molecular formula is C19H25N5OS. The van der Waals surface area contributed by atoms with Crippen molar-refractivity contribution in [3.63, 3.8) is 0 Å². The molecule has 1 saturated heterocycles. The van der Waals surface area contributed by atoms with Crippen molar-refractivity contribution >= 4 is 23.0 Å². The SMILES string of the molecule is S=C(NCC1CCCO1)Nc1ccc(-c2nnc3n2CCCCC3)cc1. The van der Waals surface area contributed by atoms with Crippen molar-refractivity contribution in [1.29, 1.82) is 0 Å². The van der Waals surface area contributed by atoms with Gasteiger partial charge in [0.1, 0.15) is 5.82 Å². The molecule has 1 aromatic carbocycles. The van der Waals surface area contributed by atoms with Crippen LogP contribution in [-0.4, -0.2) is 39.1 Å². The largest absolute Gasteiger partial charge is 0.376 e. The molecule has 1 aromatic heterocycles. The first-order valence-electron chi connectivity index (χ1n) is 9.48. The van der Waals surface area contributed by atoms with Crippen LogP contribution in [0.4, 0.5) is 5.69 Å². The third-order valence-corrected chi connectivity index (χ3v) is 5.27. The first kappa shape index (κ1) is 17.4. The van der Waals surface area contributed by atoms with Gasteiger partial charge in [-0.05, 0) is 62.2 Å². The van der Waals surface area contributed by atoms with Crippen LogP contribution in [0.15, 0.2) is 24.3 Å². The number of aryl methyl sites for hydroxylation is 1. The van der Waals surface area contributed by atoms with E-state index in [0.717, 1.165) is 61.9 Å². The Morgan fingerprint density at radius 3 is 2.85 bits per heavy atom. The van der Waals surface area contributed by atoms with Crippen LogP contribution in [0.1, 0.15) is 37.9 Å². The number of ether oxygens (including phenoxy) is 1. The summed E-state index contributed by atoms with van der Waals surface area (Å²) >= 11 is 5.37. The summed E-state index contributed by atoms with van der Waals surface area (Å²) in [5, 5.41) is 15.9. The van der Waals surface area contributed by atoms with Crippen LogP contribution in [0.2, 0.25) is 0 Å². The molecule has 0 spiro atoms. The lowest BCUT2D eigenvalue weighted by Crippen LogP contribution is -2.34. The second-order valence-electron chi connectivity index (χ2n) is 6.95. The molecule has 1 atom stereocenters. The van der Waals surface area contributed by atoms with Gasteiger partial charge in [-0.1, -0.05) is 6.42 Å². The Hall–Kier alpha value is -1.99. The fraction of sp³-hybridized carbons (Fsp3) is 0.526. The highest BCUT2D eigenvalue weighted by Gasteiger charge is 2.17. The Morgan fingerprint density at radius 2 is 2.04 bits per heavy atom. The van der Waals surface area contributed by atoms with E-state index < -0.39 is 0 Å². The Morgan fingerprint density at radius 1 is 1.15 bits per heavy atom. The van der Waals surface area contributed by atoms with E-state index in [1.165, 1.54) is 19.3 Å². The first-order valence-corrected chi connectivity index (χ1v) is 9.89. The van der Waals surface area contributed by atoms with E-state index in [4.69, 9.17) is 17.0 Å². The highest BCUT2D eigenvalue weighted by molar-refractivity contribution is 7.80. The molecule has 2 aliphatic heterocycles. The lowest BCUT2D eigenvalue weighted by Gasteiger charge is -2.14. The summed E-state index contributed by atoms with van der Waals surface area (Å²) < 4.78 is 7.87. The smallest absolute Gasteiger partial charge is 0.170 e. The van der Waals surface area contributed by atoms with Gasteiger partial charge in [-0.15, -0.1) is 10.2 Å². The number of aromatic nitrogens is 3. The van der Waals surface area contributed by atoms with Gasteiger partial charge < -0.3 is 19.9 Å². The van der Waals surface area contributed by atoms with Crippen molar-refractivity contribution in [1.82, 2.24) is 20.1 Å². The number of thiocarbonyl (C=S) groups is 1. The van der Waals surface area contributed by atoms with Crippen molar-refractivity contribution in [3.05, 3.63) is 30.1 Å². The second-order valence-corrected chi connectivity index (χ2v) is 7.36. The molecule has 6 nitrogen and oxygen atoms in total. The van der Waals surface area contributed by atoms with Gasteiger partial charge in [0, 0.05) is 37.4 Å². The normalized spacial score (nSPS) is 19.6. The zero-order valence-corrected chi connectivity index (χ0v) is 15.7. The maximum atomic E-state index is 5.60. The van der Waals surface area contributed by atoms with Gasteiger partial charge in [0.2, 0.25) is 0 Å². The van der Waals surface area contributed by atoms with Crippen molar-refractivity contribution in [2.24, 2.45) is 0 Å². The molecule has 4 rings (SSSR count). The van der Waals surface area contributed by atoms with Gasteiger partial charge in [0.15, 0.2) is 10.9 Å². The van der Waals surface area contributed by atoms with Gasteiger partial charge >= 0.3 is 0 Å². The fourth-order valence-electron chi connectivity index (χ4n) is 3.59. The lowest BCUT2D eigenvalue weighted by atomic mass is 10.2. The Balaban J connectivity index is 1.37. The molecule has 2 aliphatic rings. The van der Waals surface area contributed by atoms with E-state index in [0.29, 0.717) is 5.11 Å². The maximum Gasteiger partial charge on any atom is 0.170 e. The van der Waals surface area contributed by atoms with Crippen LogP contribution in [0, 0.1) is 0 Å². The number of rotatable bonds is 4. The summed E-state index contributed by atoms with van der Waals surface area (Å²) in [6.45, 7) is 2.63. The highest BCUT2D eigenvalue weighted by Crippen LogP contribution is 2.24. The quantitative estimate of drug-likeness (QED) is 0.805. The Kier molecular flexibility index (Phi) is 5.45. The number of nitrogens with one attached hydrogen (secondary N) is 2. The summed E-state index contributed by atoms with van der Waals surface area (Å²) in [5.74, 6) is 2.08. The third-order valence-electron chi connectivity index (χ3n) is 5.02. The molecule has 2 N–H and O–H groups in total. The predicted molar refractivity (Wildman–Crippen MR) is 106 cm³/mol. The minimum absolute atomic E-state index is 0.278. The number of benzene rings is 1. The molecule has 0 radical (unpaired) electrons. The van der Waals surface area contributed by atoms with E-state index in [2.05, 4.69) is 37.5 Å². The van der Waals surface area contributed by atoms with Crippen LogP contribution in [0.25, 0.3) is 11.4 Å². The van der Waals surface area contributed by atoms with Gasteiger partial charge in [0.05, 0.1) is 6.10 Å². The van der Waals surface area contributed by atoms with Gasteiger partial charge in [-0.25, -0.2) is 0 Å². The molecule has 26 heavy (non-hydrogen) atoms. The van der Waals surface area contributed by atoms with Crippen LogP contribution in [0.3, 0.4) is 0 Å². The number of nitrogens with zero attached hydrogens (tertiary/aromatic N) is 3. The van der Waals surface area contributed by atoms with E-state index in [-0.39, 0.29) is 6.10 Å². The summed E-state index contributed by atoms with van der Waals surface area (Å²) in [4.78, 5) is 0. The standard InChI is InChI=1S/C19H25N5OS/c26-19(20-13-16-5-4-12-25-16)21-15-9-7-14(8-10-15)18-23-22-17-6-2-1-3-11-24(17)18/h7-10,16H,1-6,11-13H2,(H2,20,21,26). The highest BCUT2D eigenvalue weighted by atomic mass is 32.1. The molecule has 7 heteroatoms. The van der Waals surface area contributed by atoms with Gasteiger partial charge in [-0.2, -0.15) is 0 Å². The minimum atomic E-state index is 0.278. The molecule has 0 saturated carbocycles. The molecule has 0 aliphatic carbocycles. The molecular weight excluding hydrogens is 346 g/mol. The average molecular weight is 372 g/mol. The van der Waals surface area contributed by atoms with Crippen LogP contribution in [-0.2, 0) is 17.7 Å². The second kappa shape index (κ2) is 8.14. The molecule has 1 unspecified atom stereocenters. The zero-order valence-electron chi connectivity index (χ0n) is 14.9. The van der Waals surface area contributed by atoms with E-state index in [9.17, 15) is 0 Å². The summed E-state index contributed by atoms with van der Waals surface area (Å²) in [6.07, 6.45) is 7.21. The van der Waals surface area contributed by atoms with E-state index in [1.54, 1.807) is 0 Å². The van der Waals surface area contributed by atoms with Crippen molar-refractivity contribution in [2.75, 3.05) is 18.5 Å². The topological polar surface area (TPSA) is 64.0 Å². The van der Waals surface area contributed by atoms with Crippen molar-refractivity contribution < 1.29 is 4.74 Å². The third kappa shape index (κ3) is 4.04. The molecule has 1 fully saturated rings. The minimum Gasteiger partial charge on any atom is -0.376 e. The molecule has 0 amide bonds.